The van der Waals surface area contributed by atoms with Gasteiger partial charge in [-0.15, -0.1) is 0 Å². The molecule has 0 unspecified atom stereocenters. The minimum Gasteiger partial charge on any atom is -0.481 e. The van der Waals surface area contributed by atoms with E-state index < -0.39 is 5.97 Å². The Bertz CT molecular complexity index is 540. The molecule has 1 fully saturated rings. The van der Waals surface area contributed by atoms with Crippen molar-refractivity contribution in [1.29, 1.82) is 0 Å². The fraction of sp³-hybridized carbons (Fsp3) is 0.467. The molecule has 2 rings (SSSR count). The summed E-state index contributed by atoms with van der Waals surface area (Å²) in [5.41, 5.74) is 0.601. The predicted molar refractivity (Wildman–Crippen MR) is 87.3 cm³/mol. The number of carbonyl (C=O) groups is 2. The first-order chi connectivity index (χ1) is 9.97. The van der Waals surface area contributed by atoms with Crippen molar-refractivity contribution >= 4 is 43.7 Å². The van der Waals surface area contributed by atoms with Crippen LogP contribution in [-0.2, 0) is 4.79 Å². The van der Waals surface area contributed by atoms with Crippen LogP contribution in [0.4, 0.5) is 0 Å². The van der Waals surface area contributed by atoms with Crippen molar-refractivity contribution in [2.24, 2.45) is 11.8 Å². The number of amides is 1. The van der Waals surface area contributed by atoms with E-state index in [1.54, 1.807) is 6.07 Å². The summed E-state index contributed by atoms with van der Waals surface area (Å²) in [6.45, 7) is 0.601. The van der Waals surface area contributed by atoms with Gasteiger partial charge < -0.3 is 10.4 Å². The van der Waals surface area contributed by atoms with E-state index >= 15 is 0 Å². The maximum Gasteiger partial charge on any atom is 0.306 e. The second-order valence-corrected chi connectivity index (χ2v) is 7.16. The lowest BCUT2D eigenvalue weighted by atomic mass is 9.82. The Balaban J connectivity index is 1.85. The molecule has 2 N–H and O–H groups in total. The SMILES string of the molecule is O=C(NCC1CCC(C(=O)O)CC1)c1cc(Br)ccc1Br. The minimum absolute atomic E-state index is 0.108. The molecule has 0 saturated heterocycles. The summed E-state index contributed by atoms with van der Waals surface area (Å²) in [6.07, 6.45) is 3.13. The highest BCUT2D eigenvalue weighted by Crippen LogP contribution is 2.28. The van der Waals surface area contributed by atoms with Crippen molar-refractivity contribution in [3.8, 4) is 0 Å². The van der Waals surface area contributed by atoms with E-state index in [0.717, 1.165) is 21.8 Å². The largest absolute Gasteiger partial charge is 0.481 e. The third-order valence-electron chi connectivity index (χ3n) is 3.92. The first-order valence-electron chi connectivity index (χ1n) is 6.93. The van der Waals surface area contributed by atoms with Crippen LogP contribution in [0.3, 0.4) is 0 Å². The standard InChI is InChI=1S/C15H17Br2NO3/c16-11-5-6-13(17)12(7-11)14(19)18-8-9-1-3-10(4-2-9)15(20)21/h5-7,9-10H,1-4,8H2,(H,18,19)(H,20,21). The van der Waals surface area contributed by atoms with Crippen molar-refractivity contribution < 1.29 is 14.7 Å². The summed E-state index contributed by atoms with van der Waals surface area (Å²) >= 11 is 6.73. The smallest absolute Gasteiger partial charge is 0.306 e. The summed E-state index contributed by atoms with van der Waals surface area (Å²) in [5, 5.41) is 11.9. The third-order valence-corrected chi connectivity index (χ3v) is 5.11. The summed E-state index contributed by atoms with van der Waals surface area (Å²) in [7, 11) is 0. The zero-order valence-electron chi connectivity index (χ0n) is 11.4. The summed E-state index contributed by atoms with van der Waals surface area (Å²) < 4.78 is 1.62. The lowest BCUT2D eigenvalue weighted by molar-refractivity contribution is -0.143. The number of benzene rings is 1. The molecule has 4 nitrogen and oxygen atoms in total. The monoisotopic (exact) mass is 417 g/mol. The number of rotatable bonds is 4. The second-order valence-electron chi connectivity index (χ2n) is 5.39. The molecule has 1 saturated carbocycles. The Morgan fingerprint density at radius 3 is 2.48 bits per heavy atom. The first-order valence-corrected chi connectivity index (χ1v) is 8.52. The lowest BCUT2D eigenvalue weighted by Gasteiger charge is -2.26. The molecule has 0 bridgehead atoms. The minimum atomic E-state index is -0.699. The fourth-order valence-corrected chi connectivity index (χ4v) is 3.41. The molecule has 1 aliphatic rings. The van der Waals surface area contributed by atoms with Gasteiger partial charge in [0, 0.05) is 15.5 Å². The van der Waals surface area contributed by atoms with Crippen LogP contribution in [0.25, 0.3) is 0 Å². The van der Waals surface area contributed by atoms with Crippen LogP contribution < -0.4 is 5.32 Å². The number of halogens is 2. The molecule has 1 aliphatic carbocycles. The molecule has 1 amide bonds. The first kappa shape index (κ1) is 16.5. The zero-order valence-corrected chi connectivity index (χ0v) is 14.6. The molecule has 0 aliphatic heterocycles. The molecule has 0 heterocycles. The Kier molecular flexibility index (Phi) is 5.81. The van der Waals surface area contributed by atoms with E-state index in [1.807, 2.05) is 12.1 Å². The van der Waals surface area contributed by atoms with Crippen molar-refractivity contribution in [2.75, 3.05) is 6.54 Å². The highest BCUT2D eigenvalue weighted by atomic mass is 79.9. The van der Waals surface area contributed by atoms with E-state index in [9.17, 15) is 9.59 Å². The van der Waals surface area contributed by atoms with E-state index in [1.165, 1.54) is 0 Å². The summed E-state index contributed by atoms with van der Waals surface area (Å²) in [5.74, 6) is -0.647. The van der Waals surface area contributed by atoms with Gasteiger partial charge in [-0.1, -0.05) is 15.9 Å². The number of carbonyl (C=O) groups excluding carboxylic acids is 1. The Hall–Kier alpha value is -0.880. The zero-order chi connectivity index (χ0) is 15.4. The average molecular weight is 419 g/mol. The maximum atomic E-state index is 12.2. The van der Waals surface area contributed by atoms with E-state index in [0.29, 0.717) is 30.9 Å². The molecule has 0 spiro atoms. The van der Waals surface area contributed by atoms with E-state index in [2.05, 4.69) is 37.2 Å². The number of nitrogens with one attached hydrogen (secondary N) is 1. The van der Waals surface area contributed by atoms with Gasteiger partial charge in [-0.2, -0.15) is 0 Å². The summed E-state index contributed by atoms with van der Waals surface area (Å²) in [6, 6.07) is 5.48. The Labute approximate surface area is 140 Å². The van der Waals surface area contributed by atoms with Crippen molar-refractivity contribution in [1.82, 2.24) is 5.32 Å². The van der Waals surface area contributed by atoms with Gasteiger partial charge in [0.05, 0.1) is 11.5 Å². The van der Waals surface area contributed by atoms with Crippen molar-refractivity contribution in [2.45, 2.75) is 25.7 Å². The lowest BCUT2D eigenvalue weighted by Crippen LogP contribution is -2.32. The Morgan fingerprint density at radius 1 is 1.19 bits per heavy atom. The van der Waals surface area contributed by atoms with E-state index in [4.69, 9.17) is 5.11 Å². The van der Waals surface area contributed by atoms with Crippen LogP contribution in [-0.4, -0.2) is 23.5 Å². The van der Waals surface area contributed by atoms with Crippen molar-refractivity contribution in [3.63, 3.8) is 0 Å². The van der Waals surface area contributed by atoms with Gasteiger partial charge in [-0.3, -0.25) is 9.59 Å². The molecule has 1 aromatic carbocycles. The number of hydrogen-bond acceptors (Lipinski definition) is 2. The van der Waals surface area contributed by atoms with E-state index in [-0.39, 0.29) is 11.8 Å². The summed E-state index contributed by atoms with van der Waals surface area (Å²) in [4.78, 5) is 23.1. The molecule has 0 aromatic heterocycles. The van der Waals surface area contributed by atoms with Crippen LogP contribution in [0.2, 0.25) is 0 Å². The predicted octanol–water partition coefficient (Wildman–Crippen LogP) is 3.83. The van der Waals surface area contributed by atoms with Crippen LogP contribution in [0.5, 0.6) is 0 Å². The van der Waals surface area contributed by atoms with Crippen LogP contribution in [0, 0.1) is 11.8 Å². The normalized spacial score (nSPS) is 21.8. The van der Waals surface area contributed by atoms with Gasteiger partial charge in [0.1, 0.15) is 0 Å². The number of carboxylic acid groups (broad SMARTS) is 1. The topological polar surface area (TPSA) is 66.4 Å². The van der Waals surface area contributed by atoms with Gasteiger partial charge in [0.2, 0.25) is 0 Å². The highest BCUT2D eigenvalue weighted by Gasteiger charge is 2.26. The highest BCUT2D eigenvalue weighted by molar-refractivity contribution is 9.11. The van der Waals surface area contributed by atoms with Crippen LogP contribution in [0.15, 0.2) is 27.1 Å². The molecule has 114 valence electrons. The van der Waals surface area contributed by atoms with Gasteiger partial charge >= 0.3 is 5.97 Å². The van der Waals surface area contributed by atoms with Crippen molar-refractivity contribution in [3.05, 3.63) is 32.7 Å². The quantitative estimate of drug-likeness (QED) is 0.780. The van der Waals surface area contributed by atoms with Gasteiger partial charge in [-0.05, 0) is 65.7 Å². The number of hydrogen-bond donors (Lipinski definition) is 2. The third kappa shape index (κ3) is 4.54. The fourth-order valence-electron chi connectivity index (χ4n) is 2.62. The van der Waals surface area contributed by atoms with Crippen LogP contribution >= 0.6 is 31.9 Å². The molecule has 0 radical (unpaired) electrons. The Morgan fingerprint density at radius 2 is 1.86 bits per heavy atom. The average Bonchev–Trinajstić information content (AvgIpc) is 2.47. The molecule has 1 aromatic rings. The number of aliphatic carboxylic acids is 1. The molecule has 0 atom stereocenters. The molecule has 6 heteroatoms. The van der Waals surface area contributed by atoms with Gasteiger partial charge in [0.15, 0.2) is 0 Å². The second kappa shape index (κ2) is 7.40. The van der Waals surface area contributed by atoms with Gasteiger partial charge in [-0.25, -0.2) is 0 Å². The molecule has 21 heavy (non-hydrogen) atoms. The van der Waals surface area contributed by atoms with Crippen LogP contribution in [0.1, 0.15) is 36.0 Å². The molecular weight excluding hydrogens is 402 g/mol. The number of carboxylic acids is 1. The molecular formula is C15H17Br2NO3. The van der Waals surface area contributed by atoms with Gasteiger partial charge in [0.25, 0.3) is 5.91 Å². The maximum absolute atomic E-state index is 12.2.